The van der Waals surface area contributed by atoms with E-state index >= 15 is 0 Å². The van der Waals surface area contributed by atoms with Crippen LogP contribution >= 0.6 is 0 Å². The maximum atomic E-state index is 12.5. The maximum absolute atomic E-state index is 12.5. The molecule has 0 bridgehead atoms. The Kier molecular flexibility index (Phi) is 5.60. The summed E-state index contributed by atoms with van der Waals surface area (Å²) in [6, 6.07) is 0. The first kappa shape index (κ1) is 16.7. The summed E-state index contributed by atoms with van der Waals surface area (Å²) in [4.78, 5) is 0. The van der Waals surface area contributed by atoms with Gasteiger partial charge in [0.1, 0.15) is 0 Å². The van der Waals surface area contributed by atoms with E-state index in [9.17, 15) is 21.6 Å². The van der Waals surface area contributed by atoms with Gasteiger partial charge in [0.15, 0.2) is 0 Å². The lowest BCUT2D eigenvalue weighted by Gasteiger charge is -2.34. The molecule has 1 heterocycles. The van der Waals surface area contributed by atoms with Crippen LogP contribution in [0, 0.1) is 5.92 Å². The summed E-state index contributed by atoms with van der Waals surface area (Å²) >= 11 is 0. The third-order valence-electron chi connectivity index (χ3n) is 3.31. The van der Waals surface area contributed by atoms with Gasteiger partial charge in [0.05, 0.1) is 5.92 Å². The van der Waals surface area contributed by atoms with Crippen LogP contribution < -0.4 is 5.73 Å². The number of hydrogen-bond acceptors (Lipinski definition) is 3. The van der Waals surface area contributed by atoms with E-state index < -0.39 is 22.3 Å². The smallest absolute Gasteiger partial charge is 0.330 e. The van der Waals surface area contributed by atoms with Crippen molar-refractivity contribution < 1.29 is 21.6 Å². The molecule has 9 heteroatoms. The van der Waals surface area contributed by atoms with E-state index in [0.29, 0.717) is 13.0 Å². The highest BCUT2D eigenvalue weighted by atomic mass is 32.2. The molecule has 1 fully saturated rings. The van der Waals surface area contributed by atoms with Gasteiger partial charge in [-0.2, -0.15) is 30.2 Å². The summed E-state index contributed by atoms with van der Waals surface area (Å²) in [6.07, 6.45) is -4.06. The molecule has 1 rings (SSSR count). The molecule has 0 aliphatic carbocycles. The minimum Gasteiger partial charge on any atom is -0.330 e. The Morgan fingerprint density at radius 1 is 1.32 bits per heavy atom. The Bertz CT molecular complexity index is 378. The normalized spacial score (nSPS) is 20.1. The molecule has 1 saturated heterocycles. The first-order valence-electron chi connectivity index (χ1n) is 6.17. The second kappa shape index (κ2) is 6.38. The minimum absolute atomic E-state index is 0.0839. The van der Waals surface area contributed by atoms with Gasteiger partial charge in [-0.3, -0.25) is 0 Å². The highest BCUT2D eigenvalue weighted by Gasteiger charge is 2.43. The van der Waals surface area contributed by atoms with E-state index in [-0.39, 0.29) is 32.5 Å². The molecule has 0 saturated carbocycles. The van der Waals surface area contributed by atoms with Crippen molar-refractivity contribution in [1.29, 1.82) is 0 Å². The molecule has 5 nitrogen and oxygen atoms in total. The van der Waals surface area contributed by atoms with Crippen LogP contribution in [0.25, 0.3) is 0 Å². The van der Waals surface area contributed by atoms with Crippen molar-refractivity contribution in [1.82, 2.24) is 8.61 Å². The Morgan fingerprint density at radius 2 is 1.84 bits per heavy atom. The number of piperidine rings is 1. The fourth-order valence-electron chi connectivity index (χ4n) is 2.04. The SMILES string of the molecule is CN(CCCN)S(=O)(=O)N1CCC(C(F)(F)F)CC1. The van der Waals surface area contributed by atoms with E-state index in [4.69, 9.17) is 5.73 Å². The predicted molar refractivity (Wildman–Crippen MR) is 65.6 cm³/mol. The molecule has 0 radical (unpaired) electrons. The summed E-state index contributed by atoms with van der Waals surface area (Å²) < 4.78 is 63.9. The van der Waals surface area contributed by atoms with Gasteiger partial charge in [-0.15, -0.1) is 0 Å². The van der Waals surface area contributed by atoms with Crippen molar-refractivity contribution in [3.63, 3.8) is 0 Å². The first-order chi connectivity index (χ1) is 8.69. The van der Waals surface area contributed by atoms with E-state index in [1.54, 1.807) is 0 Å². The van der Waals surface area contributed by atoms with Gasteiger partial charge in [-0.05, 0) is 25.8 Å². The van der Waals surface area contributed by atoms with Gasteiger partial charge in [-0.1, -0.05) is 0 Å². The quantitative estimate of drug-likeness (QED) is 0.816. The van der Waals surface area contributed by atoms with Crippen molar-refractivity contribution in [2.75, 3.05) is 33.2 Å². The zero-order valence-corrected chi connectivity index (χ0v) is 11.7. The van der Waals surface area contributed by atoms with Gasteiger partial charge in [-0.25, -0.2) is 0 Å². The minimum atomic E-state index is -4.23. The van der Waals surface area contributed by atoms with E-state index in [1.165, 1.54) is 7.05 Å². The van der Waals surface area contributed by atoms with Crippen molar-refractivity contribution in [3.8, 4) is 0 Å². The first-order valence-corrected chi connectivity index (χ1v) is 7.57. The molecule has 1 aliphatic rings. The van der Waals surface area contributed by atoms with Gasteiger partial charge in [0, 0.05) is 26.7 Å². The third kappa shape index (κ3) is 4.30. The van der Waals surface area contributed by atoms with Gasteiger partial charge in [0.25, 0.3) is 10.2 Å². The standard InChI is InChI=1S/C10H20F3N3O2S/c1-15(6-2-5-14)19(17,18)16-7-3-9(4-8-16)10(11,12)13/h9H,2-8,14H2,1H3. The molecule has 0 aromatic carbocycles. The molecule has 2 N–H and O–H groups in total. The highest BCUT2D eigenvalue weighted by molar-refractivity contribution is 7.86. The molecular weight excluding hydrogens is 283 g/mol. The van der Waals surface area contributed by atoms with Crippen LogP contribution in [0.5, 0.6) is 0 Å². The summed E-state index contributed by atoms with van der Waals surface area (Å²) in [5.41, 5.74) is 5.30. The molecule has 0 aromatic rings. The van der Waals surface area contributed by atoms with Crippen LogP contribution in [0.3, 0.4) is 0 Å². The fraction of sp³-hybridized carbons (Fsp3) is 1.00. The number of nitrogens with two attached hydrogens (primary N) is 1. The number of alkyl halides is 3. The molecular formula is C10H20F3N3O2S. The van der Waals surface area contributed by atoms with Crippen molar-refractivity contribution in [2.24, 2.45) is 11.7 Å². The van der Waals surface area contributed by atoms with E-state index in [0.717, 1.165) is 8.61 Å². The molecule has 0 spiro atoms. The summed E-state index contributed by atoms with van der Waals surface area (Å²) in [5, 5.41) is 0. The molecule has 0 aromatic heterocycles. The van der Waals surface area contributed by atoms with E-state index in [1.807, 2.05) is 0 Å². The molecule has 0 amide bonds. The summed E-state index contributed by atoms with van der Waals surface area (Å²) in [6.45, 7) is 0.479. The number of nitrogens with zero attached hydrogens (tertiary/aromatic N) is 2. The lowest BCUT2D eigenvalue weighted by Crippen LogP contribution is -2.47. The average molecular weight is 303 g/mol. The van der Waals surface area contributed by atoms with Crippen LogP contribution in [0.1, 0.15) is 19.3 Å². The second-order valence-corrected chi connectivity index (χ2v) is 6.72. The monoisotopic (exact) mass is 303 g/mol. The van der Waals surface area contributed by atoms with Crippen molar-refractivity contribution in [2.45, 2.75) is 25.4 Å². The van der Waals surface area contributed by atoms with Crippen LogP contribution in [0.4, 0.5) is 13.2 Å². The molecule has 0 atom stereocenters. The Balaban J connectivity index is 2.59. The molecule has 1 aliphatic heterocycles. The number of hydrogen-bond donors (Lipinski definition) is 1. The molecule has 0 unspecified atom stereocenters. The average Bonchev–Trinajstić information content (AvgIpc) is 2.35. The Hall–Kier alpha value is -0.380. The number of rotatable bonds is 5. The maximum Gasteiger partial charge on any atom is 0.391 e. The summed E-state index contributed by atoms with van der Waals surface area (Å²) in [7, 11) is -2.24. The fourth-order valence-corrected chi connectivity index (χ4v) is 3.47. The van der Waals surface area contributed by atoms with E-state index in [2.05, 4.69) is 0 Å². The van der Waals surface area contributed by atoms with Crippen LogP contribution in [0.15, 0.2) is 0 Å². The Labute approximate surface area is 111 Å². The van der Waals surface area contributed by atoms with Crippen molar-refractivity contribution >= 4 is 10.2 Å². The third-order valence-corrected chi connectivity index (χ3v) is 5.30. The topological polar surface area (TPSA) is 66.6 Å². The van der Waals surface area contributed by atoms with Gasteiger partial charge >= 0.3 is 6.18 Å². The highest BCUT2D eigenvalue weighted by Crippen LogP contribution is 2.34. The Morgan fingerprint density at radius 3 is 2.26 bits per heavy atom. The largest absolute Gasteiger partial charge is 0.391 e. The lowest BCUT2D eigenvalue weighted by atomic mass is 9.98. The van der Waals surface area contributed by atoms with Crippen LogP contribution in [-0.2, 0) is 10.2 Å². The van der Waals surface area contributed by atoms with Crippen LogP contribution in [0.2, 0.25) is 0 Å². The van der Waals surface area contributed by atoms with Crippen LogP contribution in [-0.4, -0.2) is 56.4 Å². The van der Waals surface area contributed by atoms with Crippen molar-refractivity contribution in [3.05, 3.63) is 0 Å². The lowest BCUT2D eigenvalue weighted by molar-refractivity contribution is -0.182. The zero-order valence-electron chi connectivity index (χ0n) is 10.9. The predicted octanol–water partition coefficient (Wildman–Crippen LogP) is 0.786. The zero-order chi connectivity index (χ0) is 14.7. The summed E-state index contributed by atoms with van der Waals surface area (Å²) in [5.74, 6) is -1.40. The number of halogens is 3. The van der Waals surface area contributed by atoms with Gasteiger partial charge in [0.2, 0.25) is 0 Å². The van der Waals surface area contributed by atoms with Gasteiger partial charge < -0.3 is 5.73 Å². The molecule has 114 valence electrons. The molecule has 19 heavy (non-hydrogen) atoms. The second-order valence-electron chi connectivity index (χ2n) is 4.69.